The van der Waals surface area contributed by atoms with Crippen molar-refractivity contribution in [3.05, 3.63) is 54.1 Å². The van der Waals surface area contributed by atoms with Crippen molar-refractivity contribution in [2.75, 3.05) is 37.6 Å². The first-order chi connectivity index (χ1) is 13.1. The van der Waals surface area contributed by atoms with E-state index in [9.17, 15) is 9.59 Å². The number of benzene rings is 2. The molecule has 0 aromatic heterocycles. The van der Waals surface area contributed by atoms with E-state index in [2.05, 4.69) is 10.6 Å². The van der Waals surface area contributed by atoms with Gasteiger partial charge in [0.25, 0.3) is 0 Å². The smallest absolute Gasteiger partial charge is 0.234 e. The molecule has 0 aliphatic carbocycles. The van der Waals surface area contributed by atoms with Crippen molar-refractivity contribution in [3.63, 3.8) is 0 Å². The van der Waals surface area contributed by atoms with Crippen LogP contribution in [0.2, 0.25) is 0 Å². The fourth-order valence-electron chi connectivity index (χ4n) is 2.32. The summed E-state index contributed by atoms with van der Waals surface area (Å²) in [7, 11) is 3.20. The number of carbonyl (C=O) groups is 2. The van der Waals surface area contributed by atoms with E-state index < -0.39 is 0 Å². The van der Waals surface area contributed by atoms with Crippen LogP contribution in [0.1, 0.15) is 5.56 Å². The molecule has 0 bridgehead atoms. The molecule has 6 nitrogen and oxygen atoms in total. The van der Waals surface area contributed by atoms with Gasteiger partial charge >= 0.3 is 0 Å². The van der Waals surface area contributed by atoms with E-state index in [0.29, 0.717) is 18.0 Å². The summed E-state index contributed by atoms with van der Waals surface area (Å²) >= 11 is 1.28. The third kappa shape index (κ3) is 7.62. The van der Waals surface area contributed by atoms with E-state index in [1.54, 1.807) is 38.5 Å². The molecule has 0 aliphatic rings. The van der Waals surface area contributed by atoms with Crippen LogP contribution in [-0.2, 0) is 16.0 Å². The molecule has 7 heteroatoms. The zero-order chi connectivity index (χ0) is 19.5. The summed E-state index contributed by atoms with van der Waals surface area (Å²) in [6, 6.07) is 14.9. The predicted molar refractivity (Wildman–Crippen MR) is 109 cm³/mol. The Morgan fingerprint density at radius 1 is 0.926 bits per heavy atom. The van der Waals surface area contributed by atoms with E-state index in [4.69, 9.17) is 9.47 Å². The number of methoxy groups -OCH3 is 2. The Morgan fingerprint density at radius 2 is 1.63 bits per heavy atom. The van der Waals surface area contributed by atoms with E-state index in [1.807, 2.05) is 24.3 Å². The second-order valence-electron chi connectivity index (χ2n) is 5.72. The van der Waals surface area contributed by atoms with Crippen molar-refractivity contribution in [1.82, 2.24) is 5.32 Å². The van der Waals surface area contributed by atoms with Gasteiger partial charge < -0.3 is 20.1 Å². The Hall–Kier alpha value is -2.67. The molecule has 0 spiro atoms. The molecule has 0 radical (unpaired) electrons. The van der Waals surface area contributed by atoms with Gasteiger partial charge in [0.15, 0.2) is 0 Å². The van der Waals surface area contributed by atoms with Gasteiger partial charge in [-0.05, 0) is 36.2 Å². The second-order valence-corrected chi connectivity index (χ2v) is 6.71. The summed E-state index contributed by atoms with van der Waals surface area (Å²) < 4.78 is 10.2. The first-order valence-electron chi connectivity index (χ1n) is 8.52. The summed E-state index contributed by atoms with van der Waals surface area (Å²) in [5, 5.41) is 5.64. The number of hydrogen-bond donors (Lipinski definition) is 2. The van der Waals surface area contributed by atoms with Crippen molar-refractivity contribution in [2.24, 2.45) is 0 Å². The minimum atomic E-state index is -0.153. The molecule has 0 atom stereocenters. The number of anilines is 1. The number of carbonyl (C=O) groups excluding carboxylic acids is 2. The molecular weight excluding hydrogens is 364 g/mol. The number of hydrogen-bond acceptors (Lipinski definition) is 5. The minimum Gasteiger partial charge on any atom is -0.497 e. The lowest BCUT2D eigenvalue weighted by atomic mass is 10.1. The summed E-state index contributed by atoms with van der Waals surface area (Å²) in [6.45, 7) is 0.557. The lowest BCUT2D eigenvalue weighted by Gasteiger charge is -2.08. The van der Waals surface area contributed by atoms with Gasteiger partial charge in [-0.3, -0.25) is 9.59 Å². The van der Waals surface area contributed by atoms with Crippen LogP contribution in [-0.4, -0.2) is 44.1 Å². The van der Waals surface area contributed by atoms with Gasteiger partial charge in [-0.1, -0.05) is 18.2 Å². The average molecular weight is 388 g/mol. The van der Waals surface area contributed by atoms with Crippen LogP contribution in [0.4, 0.5) is 5.69 Å². The Bertz CT molecular complexity index is 750. The maximum atomic E-state index is 11.9. The molecule has 0 aliphatic heterocycles. The number of amides is 2. The molecule has 27 heavy (non-hydrogen) atoms. The van der Waals surface area contributed by atoms with Gasteiger partial charge in [0, 0.05) is 18.3 Å². The summed E-state index contributed by atoms with van der Waals surface area (Å²) in [6.07, 6.45) is 0.747. The van der Waals surface area contributed by atoms with Gasteiger partial charge in [-0.15, -0.1) is 11.8 Å². The molecule has 2 aromatic rings. The van der Waals surface area contributed by atoms with E-state index in [0.717, 1.165) is 17.7 Å². The second kappa shape index (κ2) is 11.1. The highest BCUT2D eigenvalue weighted by Crippen LogP contribution is 2.17. The summed E-state index contributed by atoms with van der Waals surface area (Å²) in [5.41, 5.74) is 1.80. The molecule has 144 valence electrons. The Labute approximate surface area is 163 Å². The highest BCUT2D eigenvalue weighted by molar-refractivity contribution is 8.00. The van der Waals surface area contributed by atoms with E-state index in [1.165, 1.54) is 11.8 Å². The molecule has 2 amide bonds. The zero-order valence-electron chi connectivity index (χ0n) is 15.5. The monoisotopic (exact) mass is 388 g/mol. The molecular formula is C20H24N2O4S. The van der Waals surface area contributed by atoms with Crippen LogP contribution in [0, 0.1) is 0 Å². The van der Waals surface area contributed by atoms with Crippen molar-refractivity contribution < 1.29 is 19.1 Å². The molecule has 0 fully saturated rings. The van der Waals surface area contributed by atoms with Crippen molar-refractivity contribution in [1.29, 1.82) is 0 Å². The van der Waals surface area contributed by atoms with Crippen molar-refractivity contribution >= 4 is 29.3 Å². The molecule has 2 N–H and O–H groups in total. The van der Waals surface area contributed by atoms with Crippen LogP contribution < -0.4 is 20.1 Å². The van der Waals surface area contributed by atoms with Gasteiger partial charge in [0.05, 0.1) is 25.7 Å². The number of nitrogens with one attached hydrogen (secondary N) is 2. The highest BCUT2D eigenvalue weighted by atomic mass is 32.2. The lowest BCUT2D eigenvalue weighted by molar-refractivity contribution is -0.118. The van der Waals surface area contributed by atoms with Crippen LogP contribution in [0.5, 0.6) is 11.5 Å². The normalized spacial score (nSPS) is 10.1. The van der Waals surface area contributed by atoms with Crippen LogP contribution in [0.3, 0.4) is 0 Å². The van der Waals surface area contributed by atoms with E-state index >= 15 is 0 Å². The van der Waals surface area contributed by atoms with Gasteiger partial charge in [0.2, 0.25) is 11.8 Å². The Balaban J connectivity index is 1.61. The standard InChI is InChI=1S/C20H24N2O4S/c1-25-17-8-6-15(7-9-17)10-11-21-19(23)13-27-14-20(24)22-16-4-3-5-18(12-16)26-2/h3-9,12H,10-11,13-14H2,1-2H3,(H,21,23)(H,22,24). The molecule has 2 rings (SSSR count). The fraction of sp³-hybridized carbons (Fsp3) is 0.300. The third-order valence-corrected chi connectivity index (χ3v) is 4.65. The van der Waals surface area contributed by atoms with Crippen LogP contribution >= 0.6 is 11.8 Å². The van der Waals surface area contributed by atoms with Crippen molar-refractivity contribution in [2.45, 2.75) is 6.42 Å². The molecule has 0 heterocycles. The maximum Gasteiger partial charge on any atom is 0.234 e. The van der Waals surface area contributed by atoms with Crippen molar-refractivity contribution in [3.8, 4) is 11.5 Å². The highest BCUT2D eigenvalue weighted by Gasteiger charge is 2.07. The van der Waals surface area contributed by atoms with Gasteiger partial charge in [0.1, 0.15) is 11.5 Å². The molecule has 0 saturated carbocycles. The number of thioether (sulfide) groups is 1. The number of ether oxygens (including phenoxy) is 2. The SMILES string of the molecule is COc1ccc(CCNC(=O)CSCC(=O)Nc2cccc(OC)c2)cc1. The Kier molecular flexibility index (Phi) is 8.51. The summed E-state index contributed by atoms with van der Waals surface area (Å²) in [5.74, 6) is 1.71. The first-order valence-corrected chi connectivity index (χ1v) is 9.67. The Morgan fingerprint density at radius 3 is 2.33 bits per heavy atom. The molecule has 2 aromatic carbocycles. The topological polar surface area (TPSA) is 76.7 Å². The first kappa shape index (κ1) is 20.6. The molecule has 0 saturated heterocycles. The number of rotatable bonds is 10. The third-order valence-electron chi connectivity index (χ3n) is 3.71. The fourth-order valence-corrected chi connectivity index (χ4v) is 2.97. The zero-order valence-corrected chi connectivity index (χ0v) is 16.3. The van der Waals surface area contributed by atoms with Crippen LogP contribution in [0.25, 0.3) is 0 Å². The average Bonchev–Trinajstić information content (AvgIpc) is 2.68. The largest absolute Gasteiger partial charge is 0.497 e. The van der Waals surface area contributed by atoms with E-state index in [-0.39, 0.29) is 23.3 Å². The quantitative estimate of drug-likeness (QED) is 0.654. The van der Waals surface area contributed by atoms with Crippen LogP contribution in [0.15, 0.2) is 48.5 Å². The molecule has 0 unspecified atom stereocenters. The summed E-state index contributed by atoms with van der Waals surface area (Å²) in [4.78, 5) is 23.8. The maximum absolute atomic E-state index is 11.9. The lowest BCUT2D eigenvalue weighted by Crippen LogP contribution is -2.28. The predicted octanol–water partition coefficient (Wildman–Crippen LogP) is 2.73. The minimum absolute atomic E-state index is 0.0808. The van der Waals surface area contributed by atoms with Gasteiger partial charge in [-0.2, -0.15) is 0 Å². The van der Waals surface area contributed by atoms with Gasteiger partial charge in [-0.25, -0.2) is 0 Å².